The highest BCUT2D eigenvalue weighted by Crippen LogP contribution is 2.10. The van der Waals surface area contributed by atoms with Crippen molar-refractivity contribution in [1.29, 1.82) is 0 Å². The third-order valence-electron chi connectivity index (χ3n) is 1.91. The van der Waals surface area contributed by atoms with E-state index in [0.29, 0.717) is 12.8 Å². The fraction of sp³-hybridized carbons (Fsp3) is 0.889. The van der Waals surface area contributed by atoms with E-state index < -0.39 is 24.3 Å². The summed E-state index contributed by atoms with van der Waals surface area (Å²) in [5.41, 5.74) is 0. The van der Waals surface area contributed by atoms with Crippen LogP contribution in [0.1, 0.15) is 33.6 Å². The average Bonchev–Trinajstić information content (AvgIpc) is 2.11. The molecule has 4 heteroatoms. The number of esters is 1. The van der Waals surface area contributed by atoms with Crippen LogP contribution in [-0.4, -0.2) is 34.5 Å². The monoisotopic (exact) mass is 190 g/mol. The van der Waals surface area contributed by atoms with Crippen LogP contribution >= 0.6 is 0 Å². The lowest BCUT2D eigenvalue weighted by Crippen LogP contribution is -2.39. The Morgan fingerprint density at radius 3 is 2.15 bits per heavy atom. The van der Waals surface area contributed by atoms with E-state index in [9.17, 15) is 15.0 Å². The zero-order chi connectivity index (χ0) is 10.4. The Morgan fingerprint density at radius 2 is 1.85 bits per heavy atom. The first-order chi connectivity index (χ1) is 6.02. The summed E-state index contributed by atoms with van der Waals surface area (Å²) in [5.74, 6) is -0.436. The van der Waals surface area contributed by atoms with Gasteiger partial charge in [-0.1, -0.05) is 13.8 Å². The molecule has 3 atom stereocenters. The number of aliphatic hydroxyl groups excluding tert-OH is 2. The van der Waals surface area contributed by atoms with Crippen molar-refractivity contribution in [2.24, 2.45) is 0 Å². The van der Waals surface area contributed by atoms with Gasteiger partial charge in [-0.2, -0.15) is 0 Å². The Hall–Kier alpha value is -0.610. The molecule has 2 N–H and O–H groups in total. The first-order valence-electron chi connectivity index (χ1n) is 4.56. The Kier molecular flexibility index (Phi) is 5.66. The number of hydrogen-bond acceptors (Lipinski definition) is 4. The normalized spacial score (nSPS) is 17.6. The molecule has 13 heavy (non-hydrogen) atoms. The van der Waals surface area contributed by atoms with Gasteiger partial charge in [0.15, 0.2) is 0 Å². The topological polar surface area (TPSA) is 66.8 Å². The highest BCUT2D eigenvalue weighted by Gasteiger charge is 2.25. The lowest BCUT2D eigenvalue weighted by molar-refractivity contribution is -0.157. The van der Waals surface area contributed by atoms with Crippen LogP contribution in [0.25, 0.3) is 0 Å². The van der Waals surface area contributed by atoms with Gasteiger partial charge in [-0.15, -0.1) is 0 Å². The molecular weight excluding hydrogens is 172 g/mol. The zero-order valence-corrected chi connectivity index (χ0v) is 8.36. The smallest absolute Gasteiger partial charge is 0.302 e. The minimum Gasteiger partial charge on any atom is -0.460 e. The molecule has 0 aromatic heterocycles. The van der Waals surface area contributed by atoms with Gasteiger partial charge in [0.1, 0.15) is 12.2 Å². The molecule has 0 saturated carbocycles. The van der Waals surface area contributed by atoms with E-state index >= 15 is 0 Å². The van der Waals surface area contributed by atoms with E-state index in [1.807, 2.05) is 0 Å². The molecule has 0 aliphatic heterocycles. The van der Waals surface area contributed by atoms with Crippen LogP contribution in [0.3, 0.4) is 0 Å². The second-order valence-corrected chi connectivity index (χ2v) is 3.02. The zero-order valence-electron chi connectivity index (χ0n) is 8.36. The third kappa shape index (κ3) is 4.24. The van der Waals surface area contributed by atoms with Crippen LogP contribution in [-0.2, 0) is 9.53 Å². The van der Waals surface area contributed by atoms with Crippen molar-refractivity contribution in [2.45, 2.75) is 51.9 Å². The highest BCUT2D eigenvalue weighted by atomic mass is 16.6. The van der Waals surface area contributed by atoms with Crippen molar-refractivity contribution >= 4 is 5.97 Å². The molecule has 0 saturated heterocycles. The lowest BCUT2D eigenvalue weighted by Gasteiger charge is -2.24. The summed E-state index contributed by atoms with van der Waals surface area (Å²) < 4.78 is 4.84. The molecule has 0 rings (SSSR count). The van der Waals surface area contributed by atoms with Crippen LogP contribution in [0.15, 0.2) is 0 Å². The maximum Gasteiger partial charge on any atom is 0.302 e. The molecule has 0 aliphatic carbocycles. The van der Waals surface area contributed by atoms with Gasteiger partial charge in [-0.25, -0.2) is 0 Å². The maximum atomic E-state index is 10.6. The van der Waals surface area contributed by atoms with Gasteiger partial charge < -0.3 is 14.9 Å². The van der Waals surface area contributed by atoms with Crippen molar-refractivity contribution < 1.29 is 19.7 Å². The van der Waals surface area contributed by atoms with Crippen LogP contribution in [0.5, 0.6) is 0 Å². The first-order valence-corrected chi connectivity index (χ1v) is 4.56. The lowest BCUT2D eigenvalue weighted by atomic mass is 10.0. The van der Waals surface area contributed by atoms with Crippen molar-refractivity contribution in [3.63, 3.8) is 0 Å². The average molecular weight is 190 g/mol. The minimum atomic E-state index is -0.987. The molecule has 0 spiro atoms. The summed E-state index contributed by atoms with van der Waals surface area (Å²) >= 11 is 0. The summed E-state index contributed by atoms with van der Waals surface area (Å²) in [6, 6.07) is 0. The van der Waals surface area contributed by atoms with Crippen LogP contribution in [0, 0.1) is 0 Å². The quantitative estimate of drug-likeness (QED) is 0.618. The number of aliphatic hydroxyl groups is 2. The second-order valence-electron chi connectivity index (χ2n) is 3.02. The van der Waals surface area contributed by atoms with E-state index in [-0.39, 0.29) is 0 Å². The number of carbonyl (C=O) groups excluding carboxylic acids is 1. The SMILES string of the molecule is CCC(O)C(O)C(CC)OC(C)=O. The van der Waals surface area contributed by atoms with Crippen molar-refractivity contribution in [3.8, 4) is 0 Å². The van der Waals surface area contributed by atoms with Gasteiger partial charge in [0, 0.05) is 6.92 Å². The van der Waals surface area contributed by atoms with Gasteiger partial charge in [0.05, 0.1) is 6.10 Å². The van der Waals surface area contributed by atoms with E-state index in [0.717, 1.165) is 0 Å². The van der Waals surface area contributed by atoms with Crippen LogP contribution in [0.4, 0.5) is 0 Å². The Balaban J connectivity index is 4.13. The molecule has 0 aromatic rings. The molecule has 0 heterocycles. The number of carbonyl (C=O) groups is 1. The first kappa shape index (κ1) is 12.4. The van der Waals surface area contributed by atoms with E-state index in [2.05, 4.69) is 0 Å². The fourth-order valence-corrected chi connectivity index (χ4v) is 1.10. The molecule has 4 nitrogen and oxygen atoms in total. The standard InChI is InChI=1S/C9H18O4/c1-4-7(11)9(12)8(5-2)13-6(3)10/h7-9,11-12H,4-5H2,1-3H3. The van der Waals surface area contributed by atoms with Gasteiger partial charge in [0.25, 0.3) is 0 Å². The van der Waals surface area contributed by atoms with E-state index in [4.69, 9.17) is 4.74 Å². The molecule has 0 aromatic carbocycles. The molecule has 0 radical (unpaired) electrons. The molecule has 78 valence electrons. The summed E-state index contributed by atoms with van der Waals surface area (Å²) in [6.07, 6.45) is -1.48. The number of hydrogen-bond donors (Lipinski definition) is 2. The summed E-state index contributed by atoms with van der Waals surface area (Å²) in [4.78, 5) is 10.6. The molecule has 0 bridgehead atoms. The van der Waals surface area contributed by atoms with Gasteiger partial charge in [0.2, 0.25) is 0 Å². The Labute approximate surface area is 78.5 Å². The Morgan fingerprint density at radius 1 is 1.31 bits per heavy atom. The largest absolute Gasteiger partial charge is 0.460 e. The van der Waals surface area contributed by atoms with E-state index in [1.165, 1.54) is 6.92 Å². The molecule has 0 aliphatic rings. The summed E-state index contributed by atoms with van der Waals surface area (Å²) in [5, 5.41) is 18.8. The van der Waals surface area contributed by atoms with Crippen molar-refractivity contribution in [2.75, 3.05) is 0 Å². The van der Waals surface area contributed by atoms with Crippen molar-refractivity contribution in [3.05, 3.63) is 0 Å². The number of ether oxygens (including phenoxy) is 1. The third-order valence-corrected chi connectivity index (χ3v) is 1.91. The van der Waals surface area contributed by atoms with Crippen LogP contribution in [0.2, 0.25) is 0 Å². The second kappa shape index (κ2) is 5.94. The summed E-state index contributed by atoms with van der Waals surface area (Å²) in [7, 11) is 0. The van der Waals surface area contributed by atoms with Crippen LogP contribution < -0.4 is 0 Å². The fourth-order valence-electron chi connectivity index (χ4n) is 1.10. The molecular formula is C9H18O4. The minimum absolute atomic E-state index is 0.436. The predicted octanol–water partition coefficient (Wildman–Crippen LogP) is 0.460. The predicted molar refractivity (Wildman–Crippen MR) is 48.1 cm³/mol. The Bertz CT molecular complexity index is 158. The highest BCUT2D eigenvalue weighted by molar-refractivity contribution is 5.66. The van der Waals surface area contributed by atoms with Gasteiger partial charge >= 0.3 is 5.97 Å². The molecule has 0 amide bonds. The van der Waals surface area contributed by atoms with Gasteiger partial charge in [-0.3, -0.25) is 4.79 Å². The molecule has 0 fully saturated rings. The maximum absolute atomic E-state index is 10.6. The van der Waals surface area contributed by atoms with Crippen molar-refractivity contribution in [1.82, 2.24) is 0 Å². The van der Waals surface area contributed by atoms with E-state index in [1.54, 1.807) is 13.8 Å². The van der Waals surface area contributed by atoms with Gasteiger partial charge in [-0.05, 0) is 12.8 Å². The molecule has 3 unspecified atom stereocenters. The number of rotatable bonds is 5. The summed E-state index contributed by atoms with van der Waals surface area (Å²) in [6.45, 7) is 4.83.